The van der Waals surface area contributed by atoms with Gasteiger partial charge in [0.1, 0.15) is 11.6 Å². The van der Waals surface area contributed by atoms with Gasteiger partial charge in [0.2, 0.25) is 5.91 Å². The number of aryl methyl sites for hydroxylation is 1. The van der Waals surface area contributed by atoms with Gasteiger partial charge in [-0.3, -0.25) is 9.69 Å². The molecule has 0 radical (unpaired) electrons. The Hall–Kier alpha value is -2.50. The van der Waals surface area contributed by atoms with Gasteiger partial charge in [-0.25, -0.2) is 4.79 Å². The maximum atomic E-state index is 13.7. The number of fused-ring (bicyclic) bond motifs is 3. The number of carbonyl (C=O) groups excluding carboxylic acids is 2. The highest BCUT2D eigenvalue weighted by Crippen LogP contribution is 2.35. The van der Waals surface area contributed by atoms with E-state index in [4.69, 9.17) is 4.74 Å². The molecule has 1 aromatic heterocycles. The predicted octanol–water partition coefficient (Wildman–Crippen LogP) is 5.51. The van der Waals surface area contributed by atoms with Crippen LogP contribution in [0.2, 0.25) is 0 Å². The van der Waals surface area contributed by atoms with Crippen LogP contribution in [0.1, 0.15) is 77.5 Å². The third kappa shape index (κ3) is 5.04. The summed E-state index contributed by atoms with van der Waals surface area (Å²) in [6, 6.07) is 7.96. The van der Waals surface area contributed by atoms with E-state index in [1.165, 1.54) is 29.3 Å². The molecule has 180 valence electrons. The quantitative estimate of drug-likeness (QED) is 0.561. The highest BCUT2D eigenvalue weighted by atomic mass is 16.6. The fourth-order valence-corrected chi connectivity index (χ4v) is 5.24. The van der Waals surface area contributed by atoms with Crippen LogP contribution in [0, 0.1) is 0 Å². The number of likely N-dealkylation sites (tertiary alicyclic amines) is 1. The number of hydrogen-bond acceptors (Lipinski definition) is 3. The molecule has 33 heavy (non-hydrogen) atoms. The number of para-hydroxylation sites is 1. The summed E-state index contributed by atoms with van der Waals surface area (Å²) in [4.78, 5) is 30.6. The van der Waals surface area contributed by atoms with Gasteiger partial charge in [-0.2, -0.15) is 0 Å². The van der Waals surface area contributed by atoms with Crippen LogP contribution in [0.5, 0.6) is 0 Å². The minimum absolute atomic E-state index is 0.0639. The molecule has 6 nitrogen and oxygen atoms in total. The molecule has 0 unspecified atom stereocenters. The maximum absolute atomic E-state index is 13.7. The zero-order chi connectivity index (χ0) is 23.6. The average Bonchev–Trinajstić information content (AvgIpc) is 3.10. The second kappa shape index (κ2) is 9.78. The molecule has 2 aromatic rings. The number of unbranched alkanes of at least 4 members (excludes halogenated alkanes) is 2. The Morgan fingerprint density at radius 3 is 2.48 bits per heavy atom. The van der Waals surface area contributed by atoms with E-state index in [1.807, 2.05) is 25.7 Å². The molecule has 1 atom stereocenters. The van der Waals surface area contributed by atoms with Crippen molar-refractivity contribution in [2.24, 2.45) is 0 Å². The summed E-state index contributed by atoms with van der Waals surface area (Å²) in [6.07, 6.45) is 6.83. The van der Waals surface area contributed by atoms with Gasteiger partial charge in [0, 0.05) is 42.7 Å². The smallest absolute Gasteiger partial charge is 0.411 e. The van der Waals surface area contributed by atoms with E-state index in [-0.39, 0.29) is 5.91 Å². The Bertz CT molecular complexity index is 998. The molecule has 0 spiro atoms. The van der Waals surface area contributed by atoms with Crippen molar-refractivity contribution < 1.29 is 14.3 Å². The van der Waals surface area contributed by atoms with Crippen LogP contribution in [0.25, 0.3) is 10.9 Å². The van der Waals surface area contributed by atoms with Crippen LogP contribution < -0.4 is 0 Å². The maximum Gasteiger partial charge on any atom is 0.411 e. The number of nitrogens with zero attached hydrogens (tertiary/aromatic N) is 3. The van der Waals surface area contributed by atoms with Crippen LogP contribution in [0.4, 0.5) is 4.79 Å². The van der Waals surface area contributed by atoms with Crippen molar-refractivity contribution in [1.82, 2.24) is 14.4 Å². The Balaban J connectivity index is 1.73. The van der Waals surface area contributed by atoms with Gasteiger partial charge in [-0.15, -0.1) is 0 Å². The monoisotopic (exact) mass is 453 g/mol. The first-order chi connectivity index (χ1) is 15.8. The minimum Gasteiger partial charge on any atom is -0.444 e. The van der Waals surface area contributed by atoms with Crippen molar-refractivity contribution in [2.45, 2.75) is 97.4 Å². The lowest BCUT2D eigenvalue weighted by Crippen LogP contribution is -2.55. The van der Waals surface area contributed by atoms with Gasteiger partial charge < -0.3 is 14.2 Å². The molecular formula is C27H39N3O3. The number of carbonyl (C=O) groups is 2. The van der Waals surface area contributed by atoms with E-state index in [2.05, 4.69) is 35.8 Å². The van der Waals surface area contributed by atoms with Gasteiger partial charge in [-0.05, 0) is 58.1 Å². The van der Waals surface area contributed by atoms with Crippen molar-refractivity contribution in [3.05, 3.63) is 35.5 Å². The molecule has 4 rings (SSSR count). The molecule has 0 saturated carbocycles. The van der Waals surface area contributed by atoms with E-state index >= 15 is 0 Å². The molecule has 0 aliphatic carbocycles. The lowest BCUT2D eigenvalue weighted by molar-refractivity contribution is -0.138. The third-order valence-electron chi connectivity index (χ3n) is 6.85. The van der Waals surface area contributed by atoms with Gasteiger partial charge in [0.15, 0.2) is 0 Å². The fourth-order valence-electron chi connectivity index (χ4n) is 5.24. The molecule has 1 fully saturated rings. The summed E-state index contributed by atoms with van der Waals surface area (Å²) in [5.41, 5.74) is 2.97. The number of aromatic nitrogens is 1. The summed E-state index contributed by atoms with van der Waals surface area (Å²) in [7, 11) is 0. The first-order valence-electron chi connectivity index (χ1n) is 12.7. The van der Waals surface area contributed by atoms with Crippen LogP contribution in [-0.2, 0) is 29.0 Å². The number of hydrogen-bond donors (Lipinski definition) is 0. The predicted molar refractivity (Wildman–Crippen MR) is 131 cm³/mol. The first-order valence-corrected chi connectivity index (χ1v) is 12.7. The molecule has 2 aliphatic heterocycles. The third-order valence-corrected chi connectivity index (χ3v) is 6.85. The summed E-state index contributed by atoms with van der Waals surface area (Å²) < 4.78 is 8.15. The molecule has 1 aromatic carbocycles. The molecular weight excluding hydrogens is 414 g/mol. The number of rotatable bonds is 5. The first kappa shape index (κ1) is 23.7. The van der Waals surface area contributed by atoms with Gasteiger partial charge in [0.25, 0.3) is 0 Å². The van der Waals surface area contributed by atoms with E-state index in [0.717, 1.165) is 51.0 Å². The lowest BCUT2D eigenvalue weighted by atomic mass is 9.95. The Morgan fingerprint density at radius 2 is 1.79 bits per heavy atom. The Kier molecular flexibility index (Phi) is 7.01. The Labute approximate surface area is 197 Å². The largest absolute Gasteiger partial charge is 0.444 e. The summed E-state index contributed by atoms with van der Waals surface area (Å²) in [6.45, 7) is 10.7. The van der Waals surface area contributed by atoms with Crippen molar-refractivity contribution in [2.75, 3.05) is 13.1 Å². The zero-order valence-electron chi connectivity index (χ0n) is 20.7. The second-order valence-corrected chi connectivity index (χ2v) is 10.5. The highest BCUT2D eigenvalue weighted by Gasteiger charge is 2.41. The molecule has 0 N–H and O–H groups in total. The standard InChI is InChI=1S/C27H39N3O3/c1-5-6-10-17-29-22-14-9-8-13-20(22)21-18-23(25(31)28-15-11-7-12-16-28)30(19-24(21)29)26(32)33-27(2,3)4/h8-9,13-14,23H,5-7,10-12,15-19H2,1-4H3/t23-/m1/s1. The number of amides is 2. The SMILES string of the molecule is CCCCCn1c2c(c3ccccc31)C[C@H](C(=O)N1CCCCC1)N(C(=O)OC(C)(C)C)C2. The molecule has 2 amide bonds. The summed E-state index contributed by atoms with van der Waals surface area (Å²) in [5.74, 6) is 0.0639. The van der Waals surface area contributed by atoms with Gasteiger partial charge in [-0.1, -0.05) is 38.0 Å². The van der Waals surface area contributed by atoms with Crippen molar-refractivity contribution in [3.8, 4) is 0 Å². The molecule has 1 saturated heterocycles. The van der Waals surface area contributed by atoms with Gasteiger partial charge >= 0.3 is 6.09 Å². The van der Waals surface area contributed by atoms with Gasteiger partial charge in [0.05, 0.1) is 6.54 Å². The summed E-state index contributed by atoms with van der Waals surface area (Å²) >= 11 is 0. The van der Waals surface area contributed by atoms with E-state index < -0.39 is 17.7 Å². The number of ether oxygens (including phenoxy) is 1. The minimum atomic E-state index is -0.607. The normalized spacial score (nSPS) is 19.0. The zero-order valence-corrected chi connectivity index (χ0v) is 20.7. The summed E-state index contributed by atoms with van der Waals surface area (Å²) in [5, 5.41) is 1.21. The van der Waals surface area contributed by atoms with E-state index in [1.54, 1.807) is 4.90 Å². The second-order valence-electron chi connectivity index (χ2n) is 10.5. The number of benzene rings is 1. The number of piperidine rings is 1. The molecule has 2 aliphatic rings. The van der Waals surface area contributed by atoms with Crippen LogP contribution in [0.15, 0.2) is 24.3 Å². The molecule has 0 bridgehead atoms. The molecule has 3 heterocycles. The average molecular weight is 454 g/mol. The van der Waals surface area contributed by atoms with Crippen molar-refractivity contribution in [3.63, 3.8) is 0 Å². The van der Waals surface area contributed by atoms with Crippen LogP contribution in [0.3, 0.4) is 0 Å². The molecule has 6 heteroatoms. The van der Waals surface area contributed by atoms with Crippen molar-refractivity contribution >= 4 is 22.9 Å². The Morgan fingerprint density at radius 1 is 1.06 bits per heavy atom. The van der Waals surface area contributed by atoms with E-state index in [9.17, 15) is 9.59 Å². The topological polar surface area (TPSA) is 54.8 Å². The fraction of sp³-hybridized carbons (Fsp3) is 0.630. The van der Waals surface area contributed by atoms with Crippen LogP contribution >= 0.6 is 0 Å². The van der Waals surface area contributed by atoms with E-state index in [0.29, 0.717) is 13.0 Å². The highest BCUT2D eigenvalue weighted by molar-refractivity contribution is 5.91. The van der Waals surface area contributed by atoms with Crippen molar-refractivity contribution in [1.29, 1.82) is 0 Å². The lowest BCUT2D eigenvalue weighted by Gasteiger charge is -2.39. The van der Waals surface area contributed by atoms with Crippen LogP contribution in [-0.4, -0.2) is 51.1 Å².